The first-order valence-corrected chi connectivity index (χ1v) is 5.80. The first kappa shape index (κ1) is 14.9. The van der Waals surface area contributed by atoms with Crippen LogP contribution in [0.4, 0.5) is 0 Å². The molecule has 1 N–H and O–H groups in total. The van der Waals surface area contributed by atoms with Crippen molar-refractivity contribution in [1.82, 2.24) is 10.2 Å². The van der Waals surface area contributed by atoms with Crippen LogP contribution < -0.4 is 5.32 Å². The predicted octanol–water partition coefficient (Wildman–Crippen LogP) is 1.59. The van der Waals surface area contributed by atoms with Gasteiger partial charge in [0.2, 0.25) is 0 Å². The van der Waals surface area contributed by atoms with Gasteiger partial charge in [0.25, 0.3) is 0 Å². The van der Waals surface area contributed by atoms with Crippen LogP contribution in [0.1, 0.15) is 27.7 Å². The Bertz CT molecular complexity index is 158. The van der Waals surface area contributed by atoms with Gasteiger partial charge in [-0.25, -0.2) is 0 Å². The van der Waals surface area contributed by atoms with Gasteiger partial charge < -0.3 is 10.1 Å². The van der Waals surface area contributed by atoms with E-state index in [1.54, 1.807) is 7.11 Å². The Kier molecular flexibility index (Phi) is 7.14. The number of hydrogen-bond donors (Lipinski definition) is 1. The molecule has 0 amide bonds. The zero-order valence-electron chi connectivity index (χ0n) is 11.3. The molecule has 15 heavy (non-hydrogen) atoms. The minimum absolute atomic E-state index is 0.312. The van der Waals surface area contributed by atoms with E-state index in [2.05, 4.69) is 37.9 Å². The van der Waals surface area contributed by atoms with Crippen molar-refractivity contribution in [1.29, 1.82) is 0 Å². The molecule has 0 saturated heterocycles. The van der Waals surface area contributed by atoms with Crippen molar-refractivity contribution in [3.05, 3.63) is 0 Å². The lowest BCUT2D eigenvalue weighted by molar-refractivity contribution is 0.0966. The number of nitrogens with zero attached hydrogens (tertiary/aromatic N) is 1. The molecule has 0 radical (unpaired) electrons. The largest absolute Gasteiger partial charge is 0.383 e. The molecule has 92 valence electrons. The maximum absolute atomic E-state index is 5.14. The highest BCUT2D eigenvalue weighted by Gasteiger charge is 2.22. The van der Waals surface area contributed by atoms with Crippen LogP contribution in [0.5, 0.6) is 0 Å². The summed E-state index contributed by atoms with van der Waals surface area (Å²) in [5.74, 6) is 0. The van der Waals surface area contributed by atoms with Crippen LogP contribution in [0.15, 0.2) is 0 Å². The molecule has 0 bridgehead atoms. The third-order valence-corrected chi connectivity index (χ3v) is 2.60. The molecular weight excluding hydrogens is 188 g/mol. The Morgan fingerprint density at radius 1 is 1.33 bits per heavy atom. The average Bonchev–Trinajstić information content (AvgIpc) is 2.11. The molecule has 0 aliphatic carbocycles. The van der Waals surface area contributed by atoms with E-state index in [9.17, 15) is 0 Å². The van der Waals surface area contributed by atoms with E-state index in [0.717, 1.165) is 26.2 Å². The van der Waals surface area contributed by atoms with E-state index in [0.29, 0.717) is 11.5 Å². The monoisotopic (exact) mass is 216 g/mol. The topological polar surface area (TPSA) is 24.5 Å². The van der Waals surface area contributed by atoms with Gasteiger partial charge in [0.15, 0.2) is 0 Å². The summed E-state index contributed by atoms with van der Waals surface area (Å²) in [6, 6.07) is 0.580. The van der Waals surface area contributed by atoms with Crippen LogP contribution in [0.3, 0.4) is 0 Å². The summed E-state index contributed by atoms with van der Waals surface area (Å²) < 4.78 is 5.14. The summed E-state index contributed by atoms with van der Waals surface area (Å²) in [4.78, 5) is 2.47. The van der Waals surface area contributed by atoms with Crippen molar-refractivity contribution < 1.29 is 4.74 Å². The van der Waals surface area contributed by atoms with Gasteiger partial charge in [-0.1, -0.05) is 13.8 Å². The Morgan fingerprint density at radius 3 is 2.33 bits per heavy atom. The molecule has 0 aromatic rings. The standard InChI is InChI=1S/C12H28N2O/c1-11(2)14(7-8-15-6)10-12(3,4)9-13-5/h11,13H,7-10H2,1-6H3. The third-order valence-electron chi connectivity index (χ3n) is 2.60. The van der Waals surface area contributed by atoms with Crippen LogP contribution in [0.2, 0.25) is 0 Å². The van der Waals surface area contributed by atoms with E-state index < -0.39 is 0 Å². The molecule has 0 rings (SSSR count). The van der Waals surface area contributed by atoms with Gasteiger partial charge in [-0.05, 0) is 26.3 Å². The number of hydrogen-bond acceptors (Lipinski definition) is 3. The predicted molar refractivity (Wildman–Crippen MR) is 66.3 cm³/mol. The molecule has 0 aliphatic rings. The van der Waals surface area contributed by atoms with Gasteiger partial charge >= 0.3 is 0 Å². The fourth-order valence-corrected chi connectivity index (χ4v) is 1.81. The van der Waals surface area contributed by atoms with Crippen molar-refractivity contribution >= 4 is 0 Å². The number of rotatable bonds is 8. The second kappa shape index (κ2) is 7.20. The normalized spacial score (nSPS) is 12.8. The highest BCUT2D eigenvalue weighted by molar-refractivity contribution is 4.77. The second-order valence-corrected chi connectivity index (χ2v) is 5.25. The molecular formula is C12H28N2O. The Balaban J connectivity index is 4.14. The molecule has 0 saturated carbocycles. The smallest absolute Gasteiger partial charge is 0.0589 e. The summed E-state index contributed by atoms with van der Waals surface area (Å²) in [5.41, 5.74) is 0.312. The van der Waals surface area contributed by atoms with Crippen molar-refractivity contribution in [2.45, 2.75) is 33.7 Å². The maximum Gasteiger partial charge on any atom is 0.0589 e. The Labute approximate surface area is 95.2 Å². The summed E-state index contributed by atoms with van der Waals surface area (Å²) in [6.07, 6.45) is 0. The van der Waals surface area contributed by atoms with Gasteiger partial charge in [0, 0.05) is 32.8 Å². The third kappa shape index (κ3) is 6.88. The Hall–Kier alpha value is -0.120. The molecule has 0 aromatic heterocycles. The van der Waals surface area contributed by atoms with Crippen molar-refractivity contribution in [3.63, 3.8) is 0 Å². The highest BCUT2D eigenvalue weighted by Crippen LogP contribution is 2.17. The Morgan fingerprint density at radius 2 is 1.93 bits per heavy atom. The van der Waals surface area contributed by atoms with E-state index in [1.807, 2.05) is 7.05 Å². The minimum atomic E-state index is 0.312. The summed E-state index contributed by atoms with van der Waals surface area (Å²) >= 11 is 0. The van der Waals surface area contributed by atoms with Gasteiger partial charge in [-0.2, -0.15) is 0 Å². The van der Waals surface area contributed by atoms with Crippen LogP contribution in [0.25, 0.3) is 0 Å². The zero-order valence-corrected chi connectivity index (χ0v) is 11.3. The molecule has 0 spiro atoms. The van der Waals surface area contributed by atoms with Gasteiger partial charge in [0.1, 0.15) is 0 Å². The van der Waals surface area contributed by atoms with E-state index >= 15 is 0 Å². The van der Waals surface area contributed by atoms with Gasteiger partial charge in [-0.3, -0.25) is 4.90 Å². The van der Waals surface area contributed by atoms with Crippen molar-refractivity contribution in [2.75, 3.05) is 40.4 Å². The molecule has 0 heterocycles. The van der Waals surface area contributed by atoms with Crippen LogP contribution in [-0.4, -0.2) is 51.3 Å². The lowest BCUT2D eigenvalue weighted by Gasteiger charge is -2.35. The average molecular weight is 216 g/mol. The first-order valence-electron chi connectivity index (χ1n) is 5.80. The highest BCUT2D eigenvalue weighted by atomic mass is 16.5. The summed E-state index contributed by atoms with van der Waals surface area (Å²) in [6.45, 7) is 13.1. The van der Waals surface area contributed by atoms with Crippen LogP contribution >= 0.6 is 0 Å². The summed E-state index contributed by atoms with van der Waals surface area (Å²) in [5, 5.41) is 3.25. The van der Waals surface area contributed by atoms with Gasteiger partial charge in [-0.15, -0.1) is 0 Å². The zero-order chi connectivity index (χ0) is 11.9. The molecule has 0 unspecified atom stereocenters. The van der Waals surface area contributed by atoms with Crippen LogP contribution in [-0.2, 0) is 4.74 Å². The minimum Gasteiger partial charge on any atom is -0.383 e. The second-order valence-electron chi connectivity index (χ2n) is 5.25. The van der Waals surface area contributed by atoms with E-state index in [-0.39, 0.29) is 0 Å². The van der Waals surface area contributed by atoms with E-state index in [1.165, 1.54) is 0 Å². The molecule has 3 heteroatoms. The molecule has 0 fully saturated rings. The summed E-state index contributed by atoms with van der Waals surface area (Å²) in [7, 11) is 3.77. The molecule has 0 atom stereocenters. The SMILES string of the molecule is CNCC(C)(C)CN(CCOC)C(C)C. The van der Waals surface area contributed by atoms with Crippen LogP contribution in [0, 0.1) is 5.41 Å². The molecule has 0 aliphatic heterocycles. The lowest BCUT2D eigenvalue weighted by atomic mass is 9.92. The fraction of sp³-hybridized carbons (Fsp3) is 1.00. The number of methoxy groups -OCH3 is 1. The number of nitrogens with one attached hydrogen (secondary N) is 1. The molecule has 0 aromatic carbocycles. The lowest BCUT2D eigenvalue weighted by Crippen LogP contribution is -2.44. The first-order chi connectivity index (χ1) is 6.93. The molecule has 3 nitrogen and oxygen atoms in total. The van der Waals surface area contributed by atoms with E-state index in [4.69, 9.17) is 4.74 Å². The maximum atomic E-state index is 5.14. The number of ether oxygens (including phenoxy) is 1. The van der Waals surface area contributed by atoms with Crippen molar-refractivity contribution in [2.24, 2.45) is 5.41 Å². The quantitative estimate of drug-likeness (QED) is 0.667. The van der Waals surface area contributed by atoms with Crippen molar-refractivity contribution in [3.8, 4) is 0 Å². The fourth-order valence-electron chi connectivity index (χ4n) is 1.81. The van der Waals surface area contributed by atoms with Gasteiger partial charge in [0.05, 0.1) is 6.61 Å².